The fourth-order valence-corrected chi connectivity index (χ4v) is 3.63. The molecule has 1 fully saturated rings. The molecule has 0 atom stereocenters. The van der Waals surface area contributed by atoms with Crippen LogP contribution in [0.5, 0.6) is 0 Å². The van der Waals surface area contributed by atoms with Crippen LogP contribution in [0, 0.1) is 0 Å². The molecule has 1 aromatic carbocycles. The summed E-state index contributed by atoms with van der Waals surface area (Å²) in [6.45, 7) is 1.50. The molecule has 4 rings (SSSR count). The number of hydrogen-bond donors (Lipinski definition) is 1. The number of aromatic nitrogens is 2. The van der Waals surface area contributed by atoms with Crippen LogP contribution in [-0.2, 0) is 4.74 Å². The molecule has 1 aliphatic rings. The highest BCUT2D eigenvalue weighted by atomic mass is 16.5. The molecule has 1 saturated heterocycles. The first-order valence-corrected chi connectivity index (χ1v) is 9.09. The summed E-state index contributed by atoms with van der Waals surface area (Å²) in [6.07, 6.45) is 8.07. The largest absolute Gasteiger partial charge is 0.383 e. The average molecular weight is 359 g/mol. The van der Waals surface area contributed by atoms with Crippen LogP contribution in [-0.4, -0.2) is 29.5 Å². The van der Waals surface area contributed by atoms with Gasteiger partial charge in [0, 0.05) is 48.5 Å². The molecule has 0 aliphatic carbocycles. The highest BCUT2D eigenvalue weighted by Crippen LogP contribution is 2.33. The van der Waals surface area contributed by atoms with Gasteiger partial charge in [-0.2, -0.15) is 0 Å². The number of pyridine rings is 2. The molecule has 5 heteroatoms. The van der Waals surface area contributed by atoms with Crippen molar-refractivity contribution >= 4 is 12.1 Å². The van der Waals surface area contributed by atoms with E-state index in [9.17, 15) is 4.79 Å². The van der Waals surface area contributed by atoms with Crippen LogP contribution < -0.4 is 5.73 Å². The summed E-state index contributed by atoms with van der Waals surface area (Å²) in [5, 5.41) is 0. The Morgan fingerprint density at radius 3 is 2.52 bits per heavy atom. The second-order valence-corrected chi connectivity index (χ2v) is 6.74. The lowest BCUT2D eigenvalue weighted by Crippen LogP contribution is -2.15. The minimum atomic E-state index is 0.380. The van der Waals surface area contributed by atoms with Crippen LogP contribution in [0.4, 0.5) is 5.82 Å². The van der Waals surface area contributed by atoms with Crippen LogP contribution in [0.1, 0.15) is 34.7 Å². The summed E-state index contributed by atoms with van der Waals surface area (Å²) >= 11 is 0. The van der Waals surface area contributed by atoms with E-state index in [-0.39, 0.29) is 0 Å². The predicted octanol–water partition coefficient (Wildman–Crippen LogP) is 4.10. The smallest absolute Gasteiger partial charge is 0.150 e. The van der Waals surface area contributed by atoms with Crippen molar-refractivity contribution in [1.82, 2.24) is 9.97 Å². The van der Waals surface area contributed by atoms with Crippen molar-refractivity contribution < 1.29 is 9.53 Å². The van der Waals surface area contributed by atoms with Gasteiger partial charge in [0.1, 0.15) is 12.1 Å². The summed E-state index contributed by atoms with van der Waals surface area (Å²) in [7, 11) is 0. The lowest BCUT2D eigenvalue weighted by molar-refractivity contribution is 0.0849. The van der Waals surface area contributed by atoms with E-state index in [2.05, 4.69) is 22.1 Å². The van der Waals surface area contributed by atoms with Crippen molar-refractivity contribution in [3.8, 4) is 22.3 Å². The van der Waals surface area contributed by atoms with Crippen LogP contribution in [0.3, 0.4) is 0 Å². The monoisotopic (exact) mass is 359 g/mol. The van der Waals surface area contributed by atoms with Crippen molar-refractivity contribution in [3.05, 3.63) is 66.1 Å². The van der Waals surface area contributed by atoms with Gasteiger partial charge in [-0.1, -0.05) is 12.1 Å². The molecule has 0 amide bonds. The Morgan fingerprint density at radius 1 is 1.00 bits per heavy atom. The molecular formula is C22H21N3O2. The van der Waals surface area contributed by atoms with Crippen LogP contribution >= 0.6 is 0 Å². The van der Waals surface area contributed by atoms with Gasteiger partial charge in [-0.3, -0.25) is 9.78 Å². The van der Waals surface area contributed by atoms with Crippen molar-refractivity contribution in [3.63, 3.8) is 0 Å². The number of anilines is 1. The van der Waals surface area contributed by atoms with Crippen molar-refractivity contribution in [1.29, 1.82) is 0 Å². The van der Waals surface area contributed by atoms with Gasteiger partial charge in [0.25, 0.3) is 0 Å². The van der Waals surface area contributed by atoms with Crippen LogP contribution in [0.2, 0.25) is 0 Å². The molecule has 2 aromatic heterocycles. The van der Waals surface area contributed by atoms with E-state index < -0.39 is 0 Å². The van der Waals surface area contributed by atoms with Gasteiger partial charge in [-0.25, -0.2) is 4.98 Å². The van der Waals surface area contributed by atoms with Crippen LogP contribution in [0.15, 0.2) is 55.0 Å². The number of ether oxygens (including phenoxy) is 1. The topological polar surface area (TPSA) is 78.1 Å². The Balaban J connectivity index is 1.72. The van der Waals surface area contributed by atoms with Crippen LogP contribution in [0.25, 0.3) is 22.3 Å². The molecule has 0 radical (unpaired) electrons. The molecule has 27 heavy (non-hydrogen) atoms. The van der Waals surface area contributed by atoms with Gasteiger partial charge < -0.3 is 10.5 Å². The number of benzene rings is 1. The molecule has 0 saturated carbocycles. The maximum atomic E-state index is 11.7. The molecule has 0 bridgehead atoms. The Kier molecular flexibility index (Phi) is 4.94. The number of carbonyl (C=O) groups is 1. The molecule has 0 spiro atoms. The number of aldehydes is 1. The second-order valence-electron chi connectivity index (χ2n) is 6.74. The Bertz CT molecular complexity index is 951. The minimum Gasteiger partial charge on any atom is -0.383 e. The molecule has 3 aromatic rings. The van der Waals surface area contributed by atoms with Gasteiger partial charge in [0.2, 0.25) is 0 Å². The lowest BCUT2D eigenvalue weighted by atomic mass is 9.87. The quantitative estimate of drug-likeness (QED) is 0.710. The van der Waals surface area contributed by atoms with E-state index in [0.29, 0.717) is 11.7 Å². The fraction of sp³-hybridized carbons (Fsp3) is 0.227. The number of nitrogens with two attached hydrogens (primary N) is 1. The van der Waals surface area contributed by atoms with Crippen molar-refractivity contribution in [2.24, 2.45) is 0 Å². The Hall–Kier alpha value is -3.05. The van der Waals surface area contributed by atoms with E-state index in [1.165, 1.54) is 0 Å². The van der Waals surface area contributed by atoms with E-state index in [1.807, 2.05) is 24.3 Å². The zero-order chi connectivity index (χ0) is 18.6. The third-order valence-electron chi connectivity index (χ3n) is 5.12. The van der Waals surface area contributed by atoms with E-state index in [4.69, 9.17) is 10.5 Å². The molecule has 1 aliphatic heterocycles. The molecule has 2 N–H and O–H groups in total. The second kappa shape index (κ2) is 7.68. The summed E-state index contributed by atoms with van der Waals surface area (Å²) in [4.78, 5) is 20.1. The maximum Gasteiger partial charge on any atom is 0.150 e. The number of carbonyl (C=O) groups excluding carboxylic acids is 1. The van der Waals surface area contributed by atoms with Gasteiger partial charge in [0.05, 0.1) is 0 Å². The fourth-order valence-electron chi connectivity index (χ4n) is 3.63. The Morgan fingerprint density at radius 2 is 1.78 bits per heavy atom. The first-order chi connectivity index (χ1) is 13.3. The highest BCUT2D eigenvalue weighted by molar-refractivity contribution is 5.83. The van der Waals surface area contributed by atoms with E-state index >= 15 is 0 Å². The summed E-state index contributed by atoms with van der Waals surface area (Å²) in [6, 6.07) is 11.9. The minimum absolute atomic E-state index is 0.380. The number of hydrogen-bond acceptors (Lipinski definition) is 5. The number of rotatable bonds is 4. The summed E-state index contributed by atoms with van der Waals surface area (Å²) < 4.78 is 5.44. The number of nitrogen functional groups attached to an aromatic ring is 1. The maximum absolute atomic E-state index is 11.7. The van der Waals surface area contributed by atoms with Gasteiger partial charge >= 0.3 is 0 Å². The predicted molar refractivity (Wildman–Crippen MR) is 105 cm³/mol. The van der Waals surface area contributed by atoms with Gasteiger partial charge in [0.15, 0.2) is 0 Å². The molecule has 5 nitrogen and oxygen atoms in total. The highest BCUT2D eigenvalue weighted by Gasteiger charge is 2.19. The van der Waals surface area contributed by atoms with E-state index in [1.54, 1.807) is 18.6 Å². The first kappa shape index (κ1) is 17.4. The summed E-state index contributed by atoms with van der Waals surface area (Å²) in [5.74, 6) is 0.851. The molecule has 0 unspecified atom stereocenters. The lowest BCUT2D eigenvalue weighted by Gasteiger charge is -2.24. The normalized spacial score (nSPS) is 14.8. The van der Waals surface area contributed by atoms with Gasteiger partial charge in [-0.05, 0) is 59.7 Å². The first-order valence-electron chi connectivity index (χ1n) is 9.09. The third-order valence-corrected chi connectivity index (χ3v) is 5.12. The molecular weight excluding hydrogens is 338 g/mol. The van der Waals surface area contributed by atoms with E-state index in [0.717, 1.165) is 65.7 Å². The van der Waals surface area contributed by atoms with Crippen molar-refractivity contribution in [2.75, 3.05) is 18.9 Å². The zero-order valence-corrected chi connectivity index (χ0v) is 15.0. The third kappa shape index (κ3) is 3.59. The zero-order valence-electron chi connectivity index (χ0n) is 15.0. The Labute approximate surface area is 158 Å². The molecule has 136 valence electrons. The van der Waals surface area contributed by atoms with Gasteiger partial charge in [-0.15, -0.1) is 0 Å². The molecule has 3 heterocycles. The average Bonchev–Trinajstić information content (AvgIpc) is 2.75. The number of nitrogens with zero attached hydrogens (tertiary/aromatic N) is 2. The summed E-state index contributed by atoms with van der Waals surface area (Å²) in [5.41, 5.74) is 11.6. The SMILES string of the molecule is Nc1ncc(-c2ccc(C3CCOCC3)c(C=O)c2)cc1-c1ccncc1. The van der Waals surface area contributed by atoms with Crippen molar-refractivity contribution in [2.45, 2.75) is 18.8 Å². The standard InChI is InChI=1S/C22H21N3O2/c23-22-21(15-3-7-24-8-4-15)12-18(13-25-22)17-1-2-20(19(11-17)14-26)16-5-9-27-10-6-16/h1-4,7-8,11-14,16H,5-6,9-10H2,(H2,23,25).